The molecule has 0 aliphatic carbocycles. The number of nitrogens with one attached hydrogen (secondary N) is 1. The highest BCUT2D eigenvalue weighted by atomic mass is 16.2. The molecule has 1 N–H and O–H groups in total. The first-order chi connectivity index (χ1) is 16.4. The first kappa shape index (κ1) is 22.0. The molecule has 1 aliphatic rings. The summed E-state index contributed by atoms with van der Waals surface area (Å²) >= 11 is 0. The van der Waals surface area contributed by atoms with Crippen LogP contribution in [0, 0.1) is 20.8 Å². The average Bonchev–Trinajstić information content (AvgIpc) is 3.24. The van der Waals surface area contributed by atoms with Gasteiger partial charge in [0.2, 0.25) is 0 Å². The maximum Gasteiger partial charge on any atom is 0.281 e. The molecule has 2 aromatic heterocycles. The second-order valence-corrected chi connectivity index (χ2v) is 9.26. The summed E-state index contributed by atoms with van der Waals surface area (Å²) in [6.07, 6.45) is 1.70. The number of aromatic amines is 1. The maximum atomic E-state index is 13.1. The topological polar surface area (TPSA) is 96.8 Å². The summed E-state index contributed by atoms with van der Waals surface area (Å²) in [7, 11) is 0. The number of carbonyl (C=O) groups is 1. The third kappa shape index (κ3) is 4.23. The van der Waals surface area contributed by atoms with E-state index in [1.165, 1.54) is 0 Å². The Morgan fingerprint density at radius 3 is 2.76 bits per heavy atom. The Morgan fingerprint density at radius 1 is 1.12 bits per heavy atom. The molecule has 8 heteroatoms. The van der Waals surface area contributed by atoms with Crippen LogP contribution in [0.25, 0.3) is 11.2 Å². The summed E-state index contributed by atoms with van der Waals surface area (Å²) in [6, 6.07) is 13.9. The van der Waals surface area contributed by atoms with Crippen LogP contribution in [0.1, 0.15) is 57.2 Å². The fraction of sp³-hybridized carbons (Fsp3) is 0.346. The summed E-state index contributed by atoms with van der Waals surface area (Å²) < 4.78 is 1.69. The number of nitrogens with zero attached hydrogens (tertiary/aromatic N) is 5. The Bertz CT molecular complexity index is 1440. The van der Waals surface area contributed by atoms with Crippen molar-refractivity contribution in [2.75, 3.05) is 13.1 Å². The standard InChI is InChI=1S/C26H28N6O2/c1-16-6-4-7-19(12-16)26(34)31-11-5-8-20(14-31)23-27-24-22(25(33)28-23)29-30-32(24)15-21-13-17(2)9-10-18(21)3/h4,6-7,9-10,12-13,20H,5,8,11,14-15H2,1-3H3,(H,27,28,33)/t20-/m0/s1. The summed E-state index contributed by atoms with van der Waals surface area (Å²) in [5.74, 6) is 0.547. The molecule has 0 spiro atoms. The van der Waals surface area contributed by atoms with Gasteiger partial charge in [-0.05, 0) is 56.9 Å². The number of piperidine rings is 1. The summed E-state index contributed by atoms with van der Waals surface area (Å²) in [4.78, 5) is 35.5. The van der Waals surface area contributed by atoms with Crippen LogP contribution in [0.5, 0.6) is 0 Å². The highest BCUT2D eigenvalue weighted by Crippen LogP contribution is 2.26. The van der Waals surface area contributed by atoms with Crippen LogP contribution in [0.15, 0.2) is 47.3 Å². The summed E-state index contributed by atoms with van der Waals surface area (Å²) in [5, 5.41) is 8.31. The predicted octanol–water partition coefficient (Wildman–Crippen LogP) is 3.51. The van der Waals surface area contributed by atoms with Crippen molar-refractivity contribution in [3.8, 4) is 0 Å². The first-order valence-electron chi connectivity index (χ1n) is 11.6. The van der Waals surface area contributed by atoms with Gasteiger partial charge in [-0.15, -0.1) is 5.10 Å². The number of amides is 1. The second kappa shape index (κ2) is 8.85. The number of H-pyrrole nitrogens is 1. The lowest BCUT2D eigenvalue weighted by Crippen LogP contribution is -2.40. The Labute approximate surface area is 197 Å². The largest absolute Gasteiger partial charge is 0.338 e. The van der Waals surface area contributed by atoms with Gasteiger partial charge < -0.3 is 9.88 Å². The van der Waals surface area contributed by atoms with Gasteiger partial charge >= 0.3 is 0 Å². The molecular weight excluding hydrogens is 428 g/mol. The van der Waals surface area contributed by atoms with E-state index in [1.54, 1.807) is 4.68 Å². The second-order valence-electron chi connectivity index (χ2n) is 9.26. The maximum absolute atomic E-state index is 13.1. The molecule has 0 radical (unpaired) electrons. The van der Waals surface area contributed by atoms with Crippen molar-refractivity contribution >= 4 is 17.1 Å². The Hall–Kier alpha value is -3.81. The number of hydrogen-bond donors (Lipinski definition) is 1. The van der Waals surface area contributed by atoms with Crippen molar-refractivity contribution < 1.29 is 4.79 Å². The average molecular weight is 457 g/mol. The quantitative estimate of drug-likeness (QED) is 0.507. The molecule has 1 amide bonds. The molecule has 0 unspecified atom stereocenters. The summed E-state index contributed by atoms with van der Waals surface area (Å²) in [5.41, 5.74) is 5.58. The van der Waals surface area contributed by atoms with E-state index in [2.05, 4.69) is 47.3 Å². The van der Waals surface area contributed by atoms with E-state index >= 15 is 0 Å². The SMILES string of the molecule is Cc1cccc(C(=O)N2CCC[C@H](c3nc4c(nnn4Cc4cc(C)ccc4C)c(=O)[nH]3)C2)c1. The van der Waals surface area contributed by atoms with E-state index in [0.717, 1.165) is 35.1 Å². The molecule has 2 aromatic carbocycles. The minimum absolute atomic E-state index is 0.0125. The molecule has 0 bridgehead atoms. The minimum Gasteiger partial charge on any atom is -0.338 e. The normalized spacial score (nSPS) is 16.2. The highest BCUT2D eigenvalue weighted by Gasteiger charge is 2.28. The van der Waals surface area contributed by atoms with Gasteiger partial charge in [0, 0.05) is 24.6 Å². The Balaban J connectivity index is 1.44. The molecule has 1 saturated heterocycles. The smallest absolute Gasteiger partial charge is 0.281 e. The number of aryl methyl sites for hydroxylation is 3. The number of fused-ring (bicyclic) bond motifs is 1. The molecule has 0 saturated carbocycles. The third-order valence-corrected chi connectivity index (χ3v) is 6.58. The van der Waals surface area contributed by atoms with Crippen molar-refractivity contribution in [2.45, 2.75) is 46.1 Å². The van der Waals surface area contributed by atoms with Crippen molar-refractivity contribution in [2.24, 2.45) is 0 Å². The van der Waals surface area contributed by atoms with Crippen molar-refractivity contribution in [1.29, 1.82) is 0 Å². The first-order valence-corrected chi connectivity index (χ1v) is 11.6. The van der Waals surface area contributed by atoms with E-state index in [0.29, 0.717) is 36.7 Å². The molecular formula is C26H28N6O2. The molecule has 1 atom stereocenters. The van der Waals surface area contributed by atoms with Crippen LogP contribution in [0.3, 0.4) is 0 Å². The zero-order chi connectivity index (χ0) is 23.8. The highest BCUT2D eigenvalue weighted by molar-refractivity contribution is 5.94. The van der Waals surface area contributed by atoms with Gasteiger partial charge in [0.05, 0.1) is 6.54 Å². The lowest BCUT2D eigenvalue weighted by Gasteiger charge is -2.32. The Morgan fingerprint density at radius 2 is 1.94 bits per heavy atom. The number of benzene rings is 2. The van der Waals surface area contributed by atoms with Crippen LogP contribution < -0.4 is 5.56 Å². The van der Waals surface area contributed by atoms with E-state index in [1.807, 2.05) is 36.1 Å². The van der Waals surface area contributed by atoms with Crippen LogP contribution in [0.4, 0.5) is 0 Å². The monoisotopic (exact) mass is 456 g/mol. The Kier molecular flexibility index (Phi) is 5.73. The molecule has 1 aliphatic heterocycles. The predicted molar refractivity (Wildman–Crippen MR) is 130 cm³/mol. The van der Waals surface area contributed by atoms with E-state index in [4.69, 9.17) is 4.98 Å². The molecule has 4 aromatic rings. The molecule has 34 heavy (non-hydrogen) atoms. The molecule has 1 fully saturated rings. The number of aromatic nitrogens is 5. The molecule has 3 heterocycles. The van der Waals surface area contributed by atoms with Gasteiger partial charge in [-0.25, -0.2) is 9.67 Å². The number of carbonyl (C=O) groups excluding carboxylic acids is 1. The van der Waals surface area contributed by atoms with E-state index in [-0.39, 0.29) is 22.9 Å². The lowest BCUT2D eigenvalue weighted by atomic mass is 9.96. The van der Waals surface area contributed by atoms with Gasteiger partial charge in [0.15, 0.2) is 11.2 Å². The van der Waals surface area contributed by atoms with Crippen LogP contribution in [-0.2, 0) is 6.54 Å². The fourth-order valence-corrected chi connectivity index (χ4v) is 4.66. The van der Waals surface area contributed by atoms with Gasteiger partial charge in [0.1, 0.15) is 5.82 Å². The van der Waals surface area contributed by atoms with Crippen molar-refractivity contribution in [1.82, 2.24) is 29.9 Å². The van der Waals surface area contributed by atoms with Crippen LogP contribution in [-0.4, -0.2) is 48.9 Å². The number of likely N-dealkylation sites (tertiary alicyclic amines) is 1. The lowest BCUT2D eigenvalue weighted by molar-refractivity contribution is 0.0704. The van der Waals surface area contributed by atoms with Crippen molar-refractivity contribution in [3.63, 3.8) is 0 Å². The van der Waals surface area contributed by atoms with Gasteiger partial charge in [-0.1, -0.05) is 46.7 Å². The van der Waals surface area contributed by atoms with E-state index < -0.39 is 0 Å². The third-order valence-electron chi connectivity index (χ3n) is 6.58. The number of hydrogen-bond acceptors (Lipinski definition) is 5. The van der Waals surface area contributed by atoms with Crippen LogP contribution >= 0.6 is 0 Å². The van der Waals surface area contributed by atoms with Gasteiger partial charge in [-0.3, -0.25) is 9.59 Å². The fourth-order valence-electron chi connectivity index (χ4n) is 4.66. The van der Waals surface area contributed by atoms with Crippen molar-refractivity contribution in [3.05, 3.63) is 86.5 Å². The number of rotatable bonds is 4. The van der Waals surface area contributed by atoms with E-state index in [9.17, 15) is 9.59 Å². The molecule has 8 nitrogen and oxygen atoms in total. The zero-order valence-corrected chi connectivity index (χ0v) is 19.7. The molecule has 174 valence electrons. The van der Waals surface area contributed by atoms with Gasteiger partial charge in [0.25, 0.3) is 11.5 Å². The minimum atomic E-state index is -0.297. The van der Waals surface area contributed by atoms with Gasteiger partial charge in [-0.2, -0.15) is 0 Å². The summed E-state index contributed by atoms with van der Waals surface area (Å²) in [6.45, 7) is 7.79. The van der Waals surface area contributed by atoms with Crippen LogP contribution in [0.2, 0.25) is 0 Å². The molecule has 5 rings (SSSR count). The zero-order valence-electron chi connectivity index (χ0n) is 19.7.